The van der Waals surface area contributed by atoms with Gasteiger partial charge in [0.25, 0.3) is 5.91 Å². The van der Waals surface area contributed by atoms with Crippen molar-refractivity contribution >= 4 is 11.8 Å². The zero-order valence-corrected chi connectivity index (χ0v) is 17.0. The quantitative estimate of drug-likeness (QED) is 0.664. The van der Waals surface area contributed by atoms with Crippen molar-refractivity contribution in [2.75, 3.05) is 38.2 Å². The summed E-state index contributed by atoms with van der Waals surface area (Å²) in [5, 5.41) is 9.53. The number of hydrogen-bond acceptors (Lipinski definition) is 6. The number of rotatable bonds is 4. The highest BCUT2D eigenvalue weighted by atomic mass is 16.5. The molecule has 1 aliphatic rings. The molecule has 2 aromatic carbocycles. The van der Waals surface area contributed by atoms with E-state index in [4.69, 9.17) is 9.15 Å². The topological polar surface area (TPSA) is 82.6 Å². The summed E-state index contributed by atoms with van der Waals surface area (Å²) in [6.07, 6.45) is 0. The number of oxazole rings is 1. The standard InChI is InChI=1S/C23H22N4O3/c1-16-5-3-4-6-19(16)22(28)26-11-13-27(14-12-26)23-20(15-24)25-21(30-23)17-7-9-18(29-2)10-8-17/h3-10H,11-14H2,1-2H3. The second-order valence-electron chi connectivity index (χ2n) is 7.11. The summed E-state index contributed by atoms with van der Waals surface area (Å²) >= 11 is 0. The molecule has 0 spiro atoms. The van der Waals surface area contributed by atoms with E-state index in [2.05, 4.69) is 11.1 Å². The van der Waals surface area contributed by atoms with Crippen molar-refractivity contribution in [2.45, 2.75) is 6.92 Å². The van der Waals surface area contributed by atoms with Crippen molar-refractivity contribution in [3.63, 3.8) is 0 Å². The number of nitriles is 1. The van der Waals surface area contributed by atoms with Crippen LogP contribution in [0, 0.1) is 18.3 Å². The Morgan fingerprint density at radius 1 is 1.10 bits per heavy atom. The third kappa shape index (κ3) is 3.72. The third-order valence-electron chi connectivity index (χ3n) is 5.28. The predicted octanol–water partition coefficient (Wildman–Crippen LogP) is 3.49. The van der Waals surface area contributed by atoms with Gasteiger partial charge in [-0.1, -0.05) is 18.2 Å². The van der Waals surface area contributed by atoms with Gasteiger partial charge in [-0.3, -0.25) is 4.79 Å². The molecule has 0 radical (unpaired) electrons. The van der Waals surface area contributed by atoms with Gasteiger partial charge in [0, 0.05) is 37.3 Å². The molecule has 1 aromatic heterocycles. The van der Waals surface area contributed by atoms with Gasteiger partial charge in [0.1, 0.15) is 11.8 Å². The first-order valence-corrected chi connectivity index (χ1v) is 9.76. The molecule has 1 fully saturated rings. The van der Waals surface area contributed by atoms with Crippen LogP contribution in [0.3, 0.4) is 0 Å². The van der Waals surface area contributed by atoms with Crippen molar-refractivity contribution in [1.82, 2.24) is 9.88 Å². The molecule has 2 heterocycles. The lowest BCUT2D eigenvalue weighted by Crippen LogP contribution is -2.49. The van der Waals surface area contributed by atoms with Gasteiger partial charge in [-0.05, 0) is 42.8 Å². The highest BCUT2D eigenvalue weighted by Gasteiger charge is 2.27. The minimum Gasteiger partial charge on any atom is -0.497 e. The fourth-order valence-corrected chi connectivity index (χ4v) is 3.55. The number of nitrogens with zero attached hydrogens (tertiary/aromatic N) is 4. The van der Waals surface area contributed by atoms with Crippen LogP contribution < -0.4 is 9.64 Å². The van der Waals surface area contributed by atoms with Crippen molar-refractivity contribution in [3.8, 4) is 23.3 Å². The number of anilines is 1. The average molecular weight is 402 g/mol. The molecule has 4 rings (SSSR count). The molecular weight excluding hydrogens is 380 g/mol. The lowest BCUT2D eigenvalue weighted by molar-refractivity contribution is 0.0744. The number of aryl methyl sites for hydroxylation is 1. The number of benzene rings is 2. The Morgan fingerprint density at radius 2 is 1.80 bits per heavy atom. The molecule has 152 valence electrons. The van der Waals surface area contributed by atoms with E-state index in [1.165, 1.54) is 0 Å². The minimum atomic E-state index is 0.0322. The Bertz CT molecular complexity index is 1090. The molecule has 0 N–H and O–H groups in total. The summed E-state index contributed by atoms with van der Waals surface area (Å²) in [5.74, 6) is 1.61. The summed E-state index contributed by atoms with van der Waals surface area (Å²) in [5.41, 5.74) is 2.72. The molecule has 7 nitrogen and oxygen atoms in total. The maximum Gasteiger partial charge on any atom is 0.254 e. The van der Waals surface area contributed by atoms with E-state index in [-0.39, 0.29) is 11.6 Å². The Hall–Kier alpha value is -3.79. The van der Waals surface area contributed by atoms with Crippen molar-refractivity contribution in [3.05, 3.63) is 65.4 Å². The summed E-state index contributed by atoms with van der Waals surface area (Å²) in [6, 6.07) is 17.1. The second-order valence-corrected chi connectivity index (χ2v) is 7.11. The second kappa shape index (κ2) is 8.29. The number of carbonyl (C=O) groups is 1. The number of aromatic nitrogens is 1. The van der Waals surface area contributed by atoms with E-state index in [9.17, 15) is 10.1 Å². The van der Waals surface area contributed by atoms with Gasteiger partial charge in [0.2, 0.25) is 17.5 Å². The Balaban J connectivity index is 1.49. The van der Waals surface area contributed by atoms with Crippen LogP contribution >= 0.6 is 0 Å². The molecule has 0 saturated carbocycles. The Labute approximate surface area is 175 Å². The molecule has 1 saturated heterocycles. The van der Waals surface area contributed by atoms with Crippen LogP contribution in [0.1, 0.15) is 21.6 Å². The third-order valence-corrected chi connectivity index (χ3v) is 5.28. The molecule has 7 heteroatoms. The zero-order valence-electron chi connectivity index (χ0n) is 17.0. The first kappa shape index (κ1) is 19.5. The number of amides is 1. The van der Waals surface area contributed by atoms with Gasteiger partial charge < -0.3 is 19.0 Å². The molecule has 3 aromatic rings. The summed E-state index contributed by atoms with van der Waals surface area (Å²) < 4.78 is 11.1. The van der Waals surface area contributed by atoms with Crippen LogP contribution in [0.5, 0.6) is 5.75 Å². The highest BCUT2D eigenvalue weighted by molar-refractivity contribution is 5.95. The number of methoxy groups -OCH3 is 1. The number of carbonyl (C=O) groups excluding carboxylic acids is 1. The monoisotopic (exact) mass is 402 g/mol. The molecule has 30 heavy (non-hydrogen) atoms. The van der Waals surface area contributed by atoms with Gasteiger partial charge in [-0.25, -0.2) is 0 Å². The molecule has 0 bridgehead atoms. The van der Waals surface area contributed by atoms with Crippen LogP contribution in [-0.4, -0.2) is 49.1 Å². The van der Waals surface area contributed by atoms with Gasteiger partial charge in [-0.15, -0.1) is 0 Å². The highest BCUT2D eigenvalue weighted by Crippen LogP contribution is 2.30. The van der Waals surface area contributed by atoms with E-state index >= 15 is 0 Å². The molecule has 0 aliphatic carbocycles. The van der Waals surface area contributed by atoms with E-state index in [1.807, 2.05) is 65.3 Å². The molecule has 1 amide bonds. The van der Waals surface area contributed by atoms with E-state index in [1.54, 1.807) is 7.11 Å². The smallest absolute Gasteiger partial charge is 0.254 e. The van der Waals surface area contributed by atoms with Gasteiger partial charge >= 0.3 is 0 Å². The van der Waals surface area contributed by atoms with Crippen LogP contribution in [0.4, 0.5) is 5.88 Å². The fraction of sp³-hybridized carbons (Fsp3) is 0.261. The molecule has 0 atom stereocenters. The first-order chi connectivity index (χ1) is 14.6. The van der Waals surface area contributed by atoms with Crippen LogP contribution in [0.2, 0.25) is 0 Å². The number of ether oxygens (including phenoxy) is 1. The molecule has 1 aliphatic heterocycles. The van der Waals surface area contributed by atoms with Gasteiger partial charge in [-0.2, -0.15) is 10.2 Å². The van der Waals surface area contributed by atoms with E-state index in [0.29, 0.717) is 38.0 Å². The number of piperazine rings is 1. The predicted molar refractivity (Wildman–Crippen MR) is 113 cm³/mol. The van der Waals surface area contributed by atoms with Crippen molar-refractivity contribution < 1.29 is 13.9 Å². The first-order valence-electron chi connectivity index (χ1n) is 9.76. The average Bonchev–Trinajstić information content (AvgIpc) is 3.23. The maximum atomic E-state index is 12.8. The Kier molecular flexibility index (Phi) is 5.40. The lowest BCUT2D eigenvalue weighted by atomic mass is 10.1. The summed E-state index contributed by atoms with van der Waals surface area (Å²) in [7, 11) is 1.61. The fourth-order valence-electron chi connectivity index (χ4n) is 3.55. The summed E-state index contributed by atoms with van der Waals surface area (Å²) in [4.78, 5) is 21.0. The minimum absolute atomic E-state index is 0.0322. The van der Waals surface area contributed by atoms with Crippen molar-refractivity contribution in [1.29, 1.82) is 5.26 Å². The molecule has 0 unspecified atom stereocenters. The molecular formula is C23H22N4O3. The number of hydrogen-bond donors (Lipinski definition) is 0. The van der Waals surface area contributed by atoms with Crippen LogP contribution in [0.25, 0.3) is 11.5 Å². The van der Waals surface area contributed by atoms with E-state index < -0.39 is 0 Å². The van der Waals surface area contributed by atoms with Gasteiger partial charge in [0.05, 0.1) is 7.11 Å². The maximum absolute atomic E-state index is 12.8. The lowest BCUT2D eigenvalue weighted by Gasteiger charge is -2.34. The zero-order chi connectivity index (χ0) is 21.1. The van der Waals surface area contributed by atoms with Crippen molar-refractivity contribution in [2.24, 2.45) is 0 Å². The summed E-state index contributed by atoms with van der Waals surface area (Å²) in [6.45, 7) is 4.19. The van der Waals surface area contributed by atoms with Gasteiger partial charge in [0.15, 0.2) is 0 Å². The normalized spacial score (nSPS) is 13.8. The van der Waals surface area contributed by atoms with Crippen LogP contribution in [0.15, 0.2) is 52.9 Å². The largest absolute Gasteiger partial charge is 0.497 e. The Morgan fingerprint density at radius 3 is 2.43 bits per heavy atom. The SMILES string of the molecule is COc1ccc(-c2nc(C#N)c(N3CCN(C(=O)c4ccccc4C)CC3)o2)cc1. The van der Waals surface area contributed by atoms with E-state index in [0.717, 1.165) is 22.4 Å². The van der Waals surface area contributed by atoms with Crippen LogP contribution in [-0.2, 0) is 0 Å².